The molecule has 0 aromatic heterocycles. The molecule has 2 nitrogen and oxygen atoms in total. The molecular formula is C71H73BN2. The van der Waals surface area contributed by atoms with Gasteiger partial charge in [0.25, 0.3) is 6.71 Å². The summed E-state index contributed by atoms with van der Waals surface area (Å²) in [5.74, 6) is 0. The van der Waals surface area contributed by atoms with Crippen LogP contribution < -0.4 is 26.2 Å². The van der Waals surface area contributed by atoms with Crippen molar-refractivity contribution in [2.75, 3.05) is 9.80 Å². The maximum Gasteiger partial charge on any atom is 0.252 e. The molecule has 8 aromatic rings. The van der Waals surface area contributed by atoms with Crippen molar-refractivity contribution in [1.82, 2.24) is 0 Å². The van der Waals surface area contributed by atoms with Crippen LogP contribution in [0, 0.1) is 6.92 Å². The van der Waals surface area contributed by atoms with E-state index in [0.717, 1.165) is 19.3 Å². The fourth-order valence-corrected chi connectivity index (χ4v) is 15.1. The summed E-state index contributed by atoms with van der Waals surface area (Å²) < 4.78 is 0. The van der Waals surface area contributed by atoms with E-state index in [4.69, 9.17) is 0 Å². The molecule has 0 fully saturated rings. The first-order chi connectivity index (χ1) is 35.0. The van der Waals surface area contributed by atoms with Gasteiger partial charge in [-0.25, -0.2) is 0 Å². The number of nitrogens with zero attached hydrogens (tertiary/aromatic N) is 2. The van der Waals surface area contributed by atoms with Gasteiger partial charge in [0, 0.05) is 39.4 Å². The Balaban J connectivity index is 1.15. The first kappa shape index (κ1) is 47.2. The predicted octanol–water partition coefficient (Wildman–Crippen LogP) is 17.3. The average molecular weight is 965 g/mol. The number of benzene rings is 8. The molecule has 0 saturated carbocycles. The topological polar surface area (TPSA) is 6.48 Å². The largest absolute Gasteiger partial charge is 0.311 e. The number of anilines is 6. The second-order valence-corrected chi connectivity index (χ2v) is 27.2. The maximum atomic E-state index is 2.70. The van der Waals surface area contributed by atoms with Crippen molar-refractivity contribution >= 4 is 57.2 Å². The van der Waals surface area contributed by atoms with Crippen LogP contribution in [0.1, 0.15) is 154 Å². The van der Waals surface area contributed by atoms with Crippen LogP contribution in [-0.4, -0.2) is 6.71 Å². The molecule has 0 amide bonds. The molecular weight excluding hydrogens is 892 g/mol. The molecule has 0 spiro atoms. The highest BCUT2D eigenvalue weighted by Gasteiger charge is 2.48. The zero-order valence-corrected chi connectivity index (χ0v) is 46.5. The second kappa shape index (κ2) is 15.5. The third-order valence-corrected chi connectivity index (χ3v) is 18.9. The number of hydrogen-bond donors (Lipinski definition) is 0. The molecule has 74 heavy (non-hydrogen) atoms. The van der Waals surface area contributed by atoms with Crippen molar-refractivity contribution in [2.45, 2.75) is 149 Å². The van der Waals surface area contributed by atoms with Crippen LogP contribution in [0.2, 0.25) is 0 Å². The Hall–Kier alpha value is -6.58. The lowest BCUT2D eigenvalue weighted by Crippen LogP contribution is -2.62. The number of aryl methyl sites for hydroxylation is 1. The molecule has 13 rings (SSSR count). The van der Waals surface area contributed by atoms with E-state index in [1.165, 1.54) is 128 Å². The summed E-state index contributed by atoms with van der Waals surface area (Å²) in [4.78, 5) is 5.36. The summed E-state index contributed by atoms with van der Waals surface area (Å²) in [5, 5.41) is 0. The van der Waals surface area contributed by atoms with Gasteiger partial charge in [-0.15, -0.1) is 0 Å². The second-order valence-electron chi connectivity index (χ2n) is 27.2. The highest BCUT2D eigenvalue weighted by molar-refractivity contribution is 7.00. The monoisotopic (exact) mass is 965 g/mol. The molecule has 0 saturated heterocycles. The molecule has 2 aliphatic heterocycles. The molecule has 2 heterocycles. The Morgan fingerprint density at radius 2 is 1.03 bits per heavy atom. The van der Waals surface area contributed by atoms with E-state index < -0.39 is 0 Å². The minimum atomic E-state index is -0.0976. The highest BCUT2D eigenvalue weighted by Crippen LogP contribution is 2.56. The van der Waals surface area contributed by atoms with Crippen molar-refractivity contribution in [3.8, 4) is 33.4 Å². The average Bonchev–Trinajstić information content (AvgIpc) is 3.76. The van der Waals surface area contributed by atoms with Crippen molar-refractivity contribution in [2.24, 2.45) is 0 Å². The van der Waals surface area contributed by atoms with E-state index in [0.29, 0.717) is 0 Å². The zero-order valence-electron chi connectivity index (χ0n) is 46.5. The Labute approximate surface area is 443 Å². The summed E-state index contributed by atoms with van der Waals surface area (Å²) in [7, 11) is 0. The smallest absolute Gasteiger partial charge is 0.252 e. The molecule has 0 N–H and O–H groups in total. The minimum Gasteiger partial charge on any atom is -0.311 e. The summed E-state index contributed by atoms with van der Waals surface area (Å²) in [6, 6.07) is 60.0. The van der Waals surface area contributed by atoms with Crippen LogP contribution in [0.5, 0.6) is 0 Å². The quantitative estimate of drug-likeness (QED) is 0.162. The molecule has 370 valence electrons. The predicted molar refractivity (Wildman–Crippen MR) is 318 cm³/mol. The van der Waals surface area contributed by atoms with Gasteiger partial charge in [-0.3, -0.25) is 0 Å². The van der Waals surface area contributed by atoms with Gasteiger partial charge in [0.1, 0.15) is 0 Å². The van der Waals surface area contributed by atoms with Crippen LogP contribution in [-0.2, 0) is 32.5 Å². The molecule has 0 radical (unpaired) electrons. The molecule has 0 bridgehead atoms. The molecule has 3 aliphatic carbocycles. The molecule has 0 atom stereocenters. The van der Waals surface area contributed by atoms with Gasteiger partial charge in [0.2, 0.25) is 0 Å². The number of hydrogen-bond acceptors (Lipinski definition) is 2. The van der Waals surface area contributed by atoms with Crippen LogP contribution >= 0.6 is 0 Å². The Morgan fingerprint density at radius 3 is 1.76 bits per heavy atom. The first-order valence-electron chi connectivity index (χ1n) is 27.6. The lowest BCUT2D eigenvalue weighted by molar-refractivity contribution is 0.332. The van der Waals surface area contributed by atoms with Crippen LogP contribution in [0.15, 0.2) is 152 Å². The summed E-state index contributed by atoms with van der Waals surface area (Å²) >= 11 is 0. The van der Waals surface area contributed by atoms with E-state index in [1.807, 2.05) is 0 Å². The standard InChI is InChI=1S/C71H73BN2/c1-43-35-62-65-63(36-43)74(59-32-28-46(66(2,3)4)38-50(59)44-21-16-15-17-22-44)60-31-27-45(48-24-20-26-53-64(48)49-23-18-19-25-51(49)71(53,13)14)37-57(60)72(65)58-40-55-56(68(7,8)34-33-67(55,5)6)41-61(58)73(62)47-29-30-52-54(39-47)70(11,12)42-69(52,9)10/h15-32,35-41H,33-34,42H2,1-14H3. The van der Waals surface area contributed by atoms with Crippen LogP contribution in [0.4, 0.5) is 34.1 Å². The van der Waals surface area contributed by atoms with Crippen molar-refractivity contribution in [3.63, 3.8) is 0 Å². The van der Waals surface area contributed by atoms with Crippen molar-refractivity contribution in [3.05, 3.63) is 196 Å². The maximum absolute atomic E-state index is 2.70. The van der Waals surface area contributed by atoms with Gasteiger partial charge in [0.15, 0.2) is 0 Å². The number of rotatable bonds is 4. The van der Waals surface area contributed by atoms with Crippen molar-refractivity contribution in [1.29, 1.82) is 0 Å². The zero-order chi connectivity index (χ0) is 51.8. The van der Waals surface area contributed by atoms with Gasteiger partial charge in [-0.1, -0.05) is 193 Å². The molecule has 0 unspecified atom stereocenters. The van der Waals surface area contributed by atoms with Crippen LogP contribution in [0.25, 0.3) is 33.4 Å². The SMILES string of the molecule is Cc1cc2c3c(c1)N(c1ccc(C(C)(C)C)cc1-c1ccccc1)c1ccc(-c4cccc5c4-c4ccccc4C5(C)C)cc1B3c1cc3c(cc1N2c1ccc2c(c1)C(C)(C)CC2(C)C)C(C)(C)CCC3(C)C. The lowest BCUT2D eigenvalue weighted by atomic mass is 9.33. The number of fused-ring (bicyclic) bond motifs is 9. The van der Waals surface area contributed by atoms with Crippen LogP contribution in [0.3, 0.4) is 0 Å². The Bertz CT molecular complexity index is 3690. The van der Waals surface area contributed by atoms with Crippen molar-refractivity contribution < 1.29 is 0 Å². The first-order valence-corrected chi connectivity index (χ1v) is 27.6. The van der Waals surface area contributed by atoms with E-state index in [1.54, 1.807) is 0 Å². The normalized spacial score (nSPS) is 18.4. The fourth-order valence-electron chi connectivity index (χ4n) is 15.1. The van der Waals surface area contributed by atoms with Gasteiger partial charge in [0.05, 0.1) is 5.69 Å². The summed E-state index contributed by atoms with van der Waals surface area (Å²) in [5.41, 5.74) is 30.9. The molecule has 3 heteroatoms. The van der Waals surface area contributed by atoms with Gasteiger partial charge in [-0.05, 0) is 191 Å². The van der Waals surface area contributed by atoms with E-state index in [9.17, 15) is 0 Å². The Kier molecular flexibility index (Phi) is 9.88. The third-order valence-electron chi connectivity index (χ3n) is 18.9. The van der Waals surface area contributed by atoms with E-state index >= 15 is 0 Å². The van der Waals surface area contributed by atoms with E-state index in [2.05, 4.69) is 258 Å². The van der Waals surface area contributed by atoms with Gasteiger partial charge in [-0.2, -0.15) is 0 Å². The van der Waals surface area contributed by atoms with E-state index in [-0.39, 0.29) is 39.2 Å². The minimum absolute atomic E-state index is 0.0245. The van der Waals surface area contributed by atoms with Gasteiger partial charge < -0.3 is 9.80 Å². The fraction of sp³-hybridized carbons (Fsp3) is 0.324. The van der Waals surface area contributed by atoms with Gasteiger partial charge >= 0.3 is 0 Å². The lowest BCUT2D eigenvalue weighted by Gasteiger charge is -2.48. The molecule has 8 aromatic carbocycles. The summed E-state index contributed by atoms with van der Waals surface area (Å²) in [6.07, 6.45) is 3.46. The highest BCUT2D eigenvalue weighted by atomic mass is 15.2. The third kappa shape index (κ3) is 6.76. The molecule has 5 aliphatic rings. The summed E-state index contributed by atoms with van der Waals surface area (Å²) in [6.45, 7) is 33.9. The Morgan fingerprint density at radius 1 is 0.419 bits per heavy atom.